The van der Waals surface area contributed by atoms with Gasteiger partial charge in [0.15, 0.2) is 5.69 Å². The van der Waals surface area contributed by atoms with Crippen LogP contribution in [0.1, 0.15) is 44.2 Å². The number of nitrogens with zero attached hydrogens (tertiary/aromatic N) is 3. The Hall–Kier alpha value is -1.51. The quantitative estimate of drug-likeness (QED) is 0.771. The van der Waals surface area contributed by atoms with E-state index in [1.807, 2.05) is 0 Å². The lowest BCUT2D eigenvalue weighted by atomic mass is 10.1. The summed E-state index contributed by atoms with van der Waals surface area (Å²) in [7, 11) is 0. The summed E-state index contributed by atoms with van der Waals surface area (Å²) in [6, 6.07) is 0.517. The highest BCUT2D eigenvalue weighted by molar-refractivity contribution is 8.00. The fourth-order valence-electron chi connectivity index (χ4n) is 3.30. The molecule has 1 aliphatic carbocycles. The van der Waals surface area contributed by atoms with Gasteiger partial charge in [0.05, 0.1) is 12.3 Å². The first-order chi connectivity index (χ1) is 12.4. The molecule has 1 aliphatic heterocycles. The summed E-state index contributed by atoms with van der Waals surface area (Å²) < 4.78 is 43.7. The number of piperidine rings is 1. The van der Waals surface area contributed by atoms with Gasteiger partial charge in [0, 0.05) is 18.0 Å². The average Bonchev–Trinajstić information content (AvgIpc) is 3.13. The van der Waals surface area contributed by atoms with Crippen LogP contribution < -0.4 is 4.74 Å². The number of carbonyl (C=O) groups is 1. The standard InChI is InChI=1S/C17H22F3N3O2S/c18-17(19,20)14-7-8-21-16(22-14)25-12-4-3-9-23(10-12)15(24)11-26-13-5-1-2-6-13/h7-8,12-13H,1-6,9-11H2. The zero-order valence-corrected chi connectivity index (χ0v) is 15.2. The molecule has 1 saturated carbocycles. The van der Waals surface area contributed by atoms with E-state index in [0.29, 0.717) is 30.5 Å². The van der Waals surface area contributed by atoms with E-state index < -0.39 is 11.9 Å². The Bertz CT molecular complexity index is 624. The van der Waals surface area contributed by atoms with Gasteiger partial charge in [-0.05, 0) is 31.7 Å². The van der Waals surface area contributed by atoms with Gasteiger partial charge in [-0.1, -0.05) is 12.8 Å². The molecule has 9 heteroatoms. The molecule has 1 amide bonds. The minimum atomic E-state index is -4.53. The predicted octanol–water partition coefficient (Wildman–Crippen LogP) is 3.54. The van der Waals surface area contributed by atoms with E-state index in [-0.39, 0.29) is 18.0 Å². The number of thioether (sulfide) groups is 1. The number of alkyl halides is 3. The average molecular weight is 389 g/mol. The minimum Gasteiger partial charge on any atom is -0.458 e. The second kappa shape index (κ2) is 8.45. The van der Waals surface area contributed by atoms with Gasteiger partial charge in [-0.15, -0.1) is 11.8 Å². The molecular weight excluding hydrogens is 367 g/mol. The molecule has 1 saturated heterocycles. The fourth-order valence-corrected chi connectivity index (χ4v) is 4.53. The van der Waals surface area contributed by atoms with Crippen LogP contribution in [0.3, 0.4) is 0 Å². The number of ether oxygens (including phenoxy) is 1. The zero-order chi connectivity index (χ0) is 18.6. The van der Waals surface area contributed by atoms with E-state index in [4.69, 9.17) is 4.74 Å². The van der Waals surface area contributed by atoms with Crippen molar-refractivity contribution in [2.75, 3.05) is 18.8 Å². The third kappa shape index (κ3) is 5.25. The molecule has 0 N–H and O–H groups in total. The first kappa shape index (κ1) is 19.3. The van der Waals surface area contributed by atoms with Crippen molar-refractivity contribution < 1.29 is 22.7 Å². The molecule has 1 atom stereocenters. The lowest BCUT2D eigenvalue weighted by Crippen LogP contribution is -2.45. The number of aromatic nitrogens is 2. The Balaban J connectivity index is 1.52. The Labute approximate surface area is 154 Å². The Kier molecular flexibility index (Phi) is 6.26. The minimum absolute atomic E-state index is 0.0696. The summed E-state index contributed by atoms with van der Waals surface area (Å²) >= 11 is 1.71. The number of likely N-dealkylation sites (tertiary alicyclic amines) is 1. The Morgan fingerprint density at radius 1 is 1.27 bits per heavy atom. The highest BCUT2D eigenvalue weighted by Crippen LogP contribution is 2.30. The van der Waals surface area contributed by atoms with Crippen molar-refractivity contribution in [2.24, 2.45) is 0 Å². The van der Waals surface area contributed by atoms with Crippen LogP contribution in [0.4, 0.5) is 13.2 Å². The third-order valence-corrected chi connectivity index (χ3v) is 6.03. The molecule has 1 aromatic rings. The molecule has 0 radical (unpaired) electrons. The van der Waals surface area contributed by atoms with Gasteiger partial charge < -0.3 is 9.64 Å². The van der Waals surface area contributed by atoms with E-state index in [1.165, 1.54) is 25.7 Å². The molecule has 3 rings (SSSR count). The highest BCUT2D eigenvalue weighted by Gasteiger charge is 2.33. The molecule has 5 nitrogen and oxygen atoms in total. The van der Waals surface area contributed by atoms with Crippen LogP contribution in [0.5, 0.6) is 6.01 Å². The molecule has 1 aromatic heterocycles. The van der Waals surface area contributed by atoms with Crippen molar-refractivity contribution >= 4 is 17.7 Å². The molecule has 2 fully saturated rings. The van der Waals surface area contributed by atoms with Crippen LogP contribution in [-0.2, 0) is 11.0 Å². The number of hydrogen-bond donors (Lipinski definition) is 0. The van der Waals surface area contributed by atoms with Crippen LogP contribution in [0.15, 0.2) is 12.3 Å². The SMILES string of the molecule is O=C(CSC1CCCC1)N1CCCC(Oc2nccc(C(F)(F)F)n2)C1. The molecule has 0 aromatic carbocycles. The van der Waals surface area contributed by atoms with Crippen molar-refractivity contribution in [3.63, 3.8) is 0 Å². The summed E-state index contributed by atoms with van der Waals surface area (Å²) in [4.78, 5) is 21.3. The van der Waals surface area contributed by atoms with Gasteiger partial charge in [-0.2, -0.15) is 18.2 Å². The number of hydrogen-bond acceptors (Lipinski definition) is 5. The van der Waals surface area contributed by atoms with Gasteiger partial charge in [0.1, 0.15) is 6.10 Å². The number of rotatable bonds is 5. The van der Waals surface area contributed by atoms with E-state index in [2.05, 4.69) is 9.97 Å². The lowest BCUT2D eigenvalue weighted by Gasteiger charge is -2.32. The molecule has 26 heavy (non-hydrogen) atoms. The zero-order valence-electron chi connectivity index (χ0n) is 14.4. The van der Waals surface area contributed by atoms with Crippen LogP contribution in [0.2, 0.25) is 0 Å². The number of halogens is 3. The normalized spacial score (nSPS) is 21.8. The van der Waals surface area contributed by atoms with Crippen molar-refractivity contribution in [1.82, 2.24) is 14.9 Å². The van der Waals surface area contributed by atoms with Gasteiger partial charge in [0.2, 0.25) is 5.91 Å². The van der Waals surface area contributed by atoms with Crippen molar-refractivity contribution in [2.45, 2.75) is 56.1 Å². The van der Waals surface area contributed by atoms with E-state index in [9.17, 15) is 18.0 Å². The summed E-state index contributed by atoms with van der Waals surface area (Å²) in [5.41, 5.74) is -1.03. The van der Waals surface area contributed by atoms with Crippen LogP contribution in [0.25, 0.3) is 0 Å². The van der Waals surface area contributed by atoms with E-state index in [1.54, 1.807) is 16.7 Å². The smallest absolute Gasteiger partial charge is 0.433 e. The molecule has 144 valence electrons. The van der Waals surface area contributed by atoms with Crippen LogP contribution in [-0.4, -0.2) is 51.0 Å². The van der Waals surface area contributed by atoms with Gasteiger partial charge in [-0.25, -0.2) is 4.98 Å². The van der Waals surface area contributed by atoms with Gasteiger partial charge >= 0.3 is 12.2 Å². The van der Waals surface area contributed by atoms with Crippen LogP contribution in [0, 0.1) is 0 Å². The summed E-state index contributed by atoms with van der Waals surface area (Å²) in [6.07, 6.45) is 2.37. The Morgan fingerprint density at radius 2 is 2.04 bits per heavy atom. The predicted molar refractivity (Wildman–Crippen MR) is 92.0 cm³/mol. The maximum absolute atomic E-state index is 12.7. The highest BCUT2D eigenvalue weighted by atomic mass is 32.2. The fraction of sp³-hybridized carbons (Fsp3) is 0.706. The summed E-state index contributed by atoms with van der Waals surface area (Å²) in [6.45, 7) is 1.02. The van der Waals surface area contributed by atoms with Crippen molar-refractivity contribution in [3.8, 4) is 6.01 Å². The molecule has 0 spiro atoms. The molecular formula is C17H22F3N3O2S. The monoisotopic (exact) mass is 389 g/mol. The first-order valence-corrected chi connectivity index (χ1v) is 9.93. The lowest BCUT2D eigenvalue weighted by molar-refractivity contribution is -0.141. The molecule has 2 heterocycles. The number of amides is 1. The number of carbonyl (C=O) groups excluding carboxylic acids is 1. The topological polar surface area (TPSA) is 55.3 Å². The second-order valence-electron chi connectivity index (χ2n) is 6.66. The molecule has 2 aliphatic rings. The van der Waals surface area contributed by atoms with E-state index in [0.717, 1.165) is 18.7 Å². The summed E-state index contributed by atoms with van der Waals surface area (Å²) in [5.74, 6) is 0.525. The summed E-state index contributed by atoms with van der Waals surface area (Å²) in [5, 5.41) is 0.578. The van der Waals surface area contributed by atoms with E-state index >= 15 is 0 Å². The second-order valence-corrected chi connectivity index (χ2v) is 7.95. The van der Waals surface area contributed by atoms with Crippen LogP contribution >= 0.6 is 11.8 Å². The Morgan fingerprint density at radius 3 is 2.77 bits per heavy atom. The largest absolute Gasteiger partial charge is 0.458 e. The third-order valence-electron chi connectivity index (χ3n) is 4.67. The molecule has 0 bridgehead atoms. The first-order valence-electron chi connectivity index (χ1n) is 8.88. The maximum atomic E-state index is 12.7. The van der Waals surface area contributed by atoms with Crippen molar-refractivity contribution in [3.05, 3.63) is 18.0 Å². The van der Waals surface area contributed by atoms with Crippen molar-refractivity contribution in [1.29, 1.82) is 0 Å². The van der Waals surface area contributed by atoms with Gasteiger partial charge in [-0.3, -0.25) is 4.79 Å². The molecule has 1 unspecified atom stereocenters. The maximum Gasteiger partial charge on any atom is 0.433 e. The van der Waals surface area contributed by atoms with Gasteiger partial charge in [0.25, 0.3) is 0 Å².